The maximum atomic E-state index is 14.1. The third-order valence-electron chi connectivity index (χ3n) is 3.02. The number of alkyl halides is 1. The molecule has 0 aliphatic carbocycles. The summed E-state index contributed by atoms with van der Waals surface area (Å²) in [6.45, 7) is 1.85. The zero-order valence-electron chi connectivity index (χ0n) is 10.3. The molecular formula is C14H11ClFN3. The standard InChI is InChI=1S/C14H11ClFN3/c1-9-4-2-5-10(16)13(9)19-12(8-15)18-11-6-3-7-17-14(11)19/h2-7H,8H2,1H3. The summed E-state index contributed by atoms with van der Waals surface area (Å²) >= 11 is 5.92. The molecule has 2 heterocycles. The number of para-hydroxylation sites is 1. The Balaban J connectivity index is 2.41. The predicted molar refractivity (Wildman–Crippen MR) is 73.1 cm³/mol. The molecule has 3 aromatic rings. The topological polar surface area (TPSA) is 30.7 Å². The number of hydrogen-bond donors (Lipinski definition) is 0. The second-order valence-electron chi connectivity index (χ2n) is 4.25. The minimum atomic E-state index is -0.309. The number of hydrogen-bond acceptors (Lipinski definition) is 2. The van der Waals surface area contributed by atoms with E-state index in [-0.39, 0.29) is 11.7 Å². The van der Waals surface area contributed by atoms with E-state index in [9.17, 15) is 4.39 Å². The fourth-order valence-corrected chi connectivity index (χ4v) is 2.37. The van der Waals surface area contributed by atoms with Crippen molar-refractivity contribution in [1.29, 1.82) is 0 Å². The first-order chi connectivity index (χ1) is 9.22. The van der Waals surface area contributed by atoms with E-state index in [0.29, 0.717) is 22.7 Å². The van der Waals surface area contributed by atoms with Crippen LogP contribution in [0.2, 0.25) is 0 Å². The number of fused-ring (bicyclic) bond motifs is 1. The summed E-state index contributed by atoms with van der Waals surface area (Å²) in [6.07, 6.45) is 1.66. The fourth-order valence-electron chi connectivity index (χ4n) is 2.19. The van der Waals surface area contributed by atoms with E-state index < -0.39 is 0 Å². The first kappa shape index (κ1) is 12.1. The van der Waals surface area contributed by atoms with Crippen LogP contribution in [-0.2, 0) is 5.88 Å². The van der Waals surface area contributed by atoms with Crippen LogP contribution < -0.4 is 0 Å². The van der Waals surface area contributed by atoms with Gasteiger partial charge in [-0.05, 0) is 30.7 Å². The van der Waals surface area contributed by atoms with Crippen LogP contribution in [0, 0.1) is 12.7 Å². The van der Waals surface area contributed by atoms with Gasteiger partial charge in [-0.15, -0.1) is 11.6 Å². The molecule has 3 nitrogen and oxygen atoms in total. The highest BCUT2D eigenvalue weighted by Crippen LogP contribution is 2.25. The normalized spacial score (nSPS) is 11.1. The molecular weight excluding hydrogens is 265 g/mol. The van der Waals surface area contributed by atoms with E-state index in [1.54, 1.807) is 22.9 Å². The molecule has 0 saturated heterocycles. The summed E-state index contributed by atoms with van der Waals surface area (Å²) in [4.78, 5) is 8.68. The third-order valence-corrected chi connectivity index (χ3v) is 3.26. The van der Waals surface area contributed by atoms with Crippen molar-refractivity contribution in [2.45, 2.75) is 12.8 Å². The molecule has 0 fully saturated rings. The third kappa shape index (κ3) is 1.88. The van der Waals surface area contributed by atoms with Crippen LogP contribution >= 0.6 is 11.6 Å². The highest BCUT2D eigenvalue weighted by atomic mass is 35.5. The van der Waals surface area contributed by atoms with Crippen LogP contribution in [-0.4, -0.2) is 14.5 Å². The molecule has 0 aliphatic rings. The van der Waals surface area contributed by atoms with Crippen molar-refractivity contribution in [3.05, 3.63) is 53.7 Å². The van der Waals surface area contributed by atoms with Crippen LogP contribution in [0.1, 0.15) is 11.4 Å². The summed E-state index contributed by atoms with van der Waals surface area (Å²) in [5.74, 6) is 0.476. The molecule has 96 valence electrons. The molecule has 3 rings (SSSR count). The van der Waals surface area contributed by atoms with Gasteiger partial charge >= 0.3 is 0 Å². The van der Waals surface area contributed by atoms with Crippen molar-refractivity contribution in [2.24, 2.45) is 0 Å². The monoisotopic (exact) mass is 275 g/mol. The first-order valence-corrected chi connectivity index (χ1v) is 6.39. The lowest BCUT2D eigenvalue weighted by Gasteiger charge is -2.11. The Labute approximate surface area is 114 Å². The number of benzene rings is 1. The minimum absolute atomic E-state index is 0.199. The number of halogens is 2. The number of aromatic nitrogens is 3. The molecule has 19 heavy (non-hydrogen) atoms. The maximum absolute atomic E-state index is 14.1. The van der Waals surface area contributed by atoms with Gasteiger partial charge < -0.3 is 0 Å². The molecule has 1 aromatic carbocycles. The van der Waals surface area contributed by atoms with Crippen molar-refractivity contribution >= 4 is 22.8 Å². The van der Waals surface area contributed by atoms with Crippen molar-refractivity contribution in [3.63, 3.8) is 0 Å². The summed E-state index contributed by atoms with van der Waals surface area (Å²) in [6, 6.07) is 8.60. The molecule has 0 bridgehead atoms. The van der Waals surface area contributed by atoms with Gasteiger partial charge in [0, 0.05) is 6.20 Å². The summed E-state index contributed by atoms with van der Waals surface area (Å²) in [7, 11) is 0. The quantitative estimate of drug-likeness (QED) is 0.669. The highest BCUT2D eigenvalue weighted by molar-refractivity contribution is 6.16. The lowest BCUT2D eigenvalue weighted by molar-refractivity contribution is 0.615. The van der Waals surface area contributed by atoms with Crippen molar-refractivity contribution < 1.29 is 4.39 Å². The Bertz CT molecular complexity index is 731. The van der Waals surface area contributed by atoms with Gasteiger partial charge in [0.2, 0.25) is 0 Å². The summed E-state index contributed by atoms with van der Waals surface area (Å²) < 4.78 is 15.8. The SMILES string of the molecule is Cc1cccc(F)c1-n1c(CCl)nc2cccnc21. The van der Waals surface area contributed by atoms with Crippen LogP contribution in [0.3, 0.4) is 0 Å². The van der Waals surface area contributed by atoms with Gasteiger partial charge in [0.1, 0.15) is 17.2 Å². The second-order valence-corrected chi connectivity index (χ2v) is 4.52. The molecule has 0 unspecified atom stereocenters. The first-order valence-electron chi connectivity index (χ1n) is 5.86. The highest BCUT2D eigenvalue weighted by Gasteiger charge is 2.17. The van der Waals surface area contributed by atoms with Gasteiger partial charge in [0.05, 0.1) is 11.6 Å². The van der Waals surface area contributed by atoms with Gasteiger partial charge in [-0.3, -0.25) is 4.57 Å². The van der Waals surface area contributed by atoms with E-state index in [1.165, 1.54) is 6.07 Å². The van der Waals surface area contributed by atoms with Crippen LogP contribution in [0.4, 0.5) is 4.39 Å². The van der Waals surface area contributed by atoms with Crippen LogP contribution in [0.15, 0.2) is 36.5 Å². The van der Waals surface area contributed by atoms with Gasteiger partial charge in [0.25, 0.3) is 0 Å². The summed E-state index contributed by atoms with van der Waals surface area (Å²) in [5, 5.41) is 0. The van der Waals surface area contributed by atoms with Crippen molar-refractivity contribution in [2.75, 3.05) is 0 Å². The minimum Gasteiger partial charge on any atom is -0.276 e. The van der Waals surface area contributed by atoms with Crippen molar-refractivity contribution in [3.8, 4) is 5.69 Å². The number of nitrogens with zero attached hydrogens (tertiary/aromatic N) is 3. The molecule has 2 aromatic heterocycles. The second kappa shape index (κ2) is 4.63. The molecule has 0 atom stereocenters. The van der Waals surface area contributed by atoms with E-state index in [4.69, 9.17) is 11.6 Å². The number of pyridine rings is 1. The molecule has 0 saturated carbocycles. The number of imidazole rings is 1. The molecule has 5 heteroatoms. The Morgan fingerprint density at radius 1 is 1.26 bits per heavy atom. The van der Waals surface area contributed by atoms with E-state index in [0.717, 1.165) is 5.56 Å². The van der Waals surface area contributed by atoms with E-state index >= 15 is 0 Å². The molecule has 0 radical (unpaired) electrons. The Hall–Kier alpha value is -1.94. The Morgan fingerprint density at radius 2 is 2.11 bits per heavy atom. The Kier molecular flexibility index (Phi) is 2.95. The number of aryl methyl sites for hydroxylation is 1. The van der Waals surface area contributed by atoms with E-state index in [2.05, 4.69) is 9.97 Å². The smallest absolute Gasteiger partial charge is 0.164 e. The molecule has 0 N–H and O–H groups in total. The largest absolute Gasteiger partial charge is 0.276 e. The molecule has 0 aliphatic heterocycles. The average molecular weight is 276 g/mol. The van der Waals surface area contributed by atoms with Crippen LogP contribution in [0.25, 0.3) is 16.9 Å². The fraction of sp³-hybridized carbons (Fsp3) is 0.143. The zero-order chi connectivity index (χ0) is 13.4. The number of rotatable bonds is 2. The molecule has 0 amide bonds. The van der Waals surface area contributed by atoms with Crippen LogP contribution in [0.5, 0.6) is 0 Å². The lowest BCUT2D eigenvalue weighted by Crippen LogP contribution is -2.05. The lowest BCUT2D eigenvalue weighted by atomic mass is 10.2. The van der Waals surface area contributed by atoms with Gasteiger partial charge in [0.15, 0.2) is 5.65 Å². The van der Waals surface area contributed by atoms with Gasteiger partial charge in [-0.1, -0.05) is 12.1 Å². The maximum Gasteiger partial charge on any atom is 0.164 e. The average Bonchev–Trinajstić information content (AvgIpc) is 2.77. The van der Waals surface area contributed by atoms with Gasteiger partial charge in [-0.2, -0.15) is 0 Å². The predicted octanol–water partition coefficient (Wildman–Crippen LogP) is 3.61. The zero-order valence-corrected chi connectivity index (χ0v) is 11.0. The van der Waals surface area contributed by atoms with E-state index in [1.807, 2.05) is 19.1 Å². The molecule has 0 spiro atoms. The van der Waals surface area contributed by atoms with Crippen molar-refractivity contribution in [1.82, 2.24) is 14.5 Å². The Morgan fingerprint density at radius 3 is 2.84 bits per heavy atom. The summed E-state index contributed by atoms with van der Waals surface area (Å²) in [5.41, 5.74) is 2.60. The van der Waals surface area contributed by atoms with Gasteiger partial charge in [-0.25, -0.2) is 14.4 Å².